The summed E-state index contributed by atoms with van der Waals surface area (Å²) in [5.74, 6) is -0.385. The van der Waals surface area contributed by atoms with Crippen molar-refractivity contribution in [2.24, 2.45) is 5.92 Å². The number of anilines is 1. The number of benzene rings is 2. The number of carbonyl (C=O) groups excluding carboxylic acids is 2. The molecule has 2 aromatic rings. The summed E-state index contributed by atoms with van der Waals surface area (Å²) < 4.78 is 6.16. The van der Waals surface area contributed by atoms with Crippen molar-refractivity contribution >= 4 is 17.4 Å². The quantitative estimate of drug-likeness (QED) is 0.857. The average molecular weight is 345 g/mol. The second-order valence-electron chi connectivity index (χ2n) is 6.53. The van der Waals surface area contributed by atoms with Crippen LogP contribution in [0.2, 0.25) is 0 Å². The van der Waals surface area contributed by atoms with E-state index in [-0.39, 0.29) is 17.6 Å². The van der Waals surface area contributed by atoms with Gasteiger partial charge in [0.1, 0.15) is 0 Å². The average Bonchev–Trinajstić information content (AvgIpc) is 2.68. The molecule has 1 spiro atoms. The minimum atomic E-state index is -1.04. The van der Waals surface area contributed by atoms with E-state index in [4.69, 9.17) is 4.74 Å². The molecule has 1 heterocycles. The van der Waals surface area contributed by atoms with Gasteiger partial charge in [0, 0.05) is 5.69 Å². The zero-order valence-electron chi connectivity index (χ0n) is 14.2. The normalized spacial score (nSPS) is 21.4. The van der Waals surface area contributed by atoms with Crippen LogP contribution in [0.15, 0.2) is 85.0 Å². The van der Waals surface area contributed by atoms with Crippen LogP contribution in [-0.4, -0.2) is 24.0 Å². The van der Waals surface area contributed by atoms with Crippen molar-refractivity contribution < 1.29 is 14.3 Å². The van der Waals surface area contributed by atoms with E-state index < -0.39 is 5.72 Å². The summed E-state index contributed by atoms with van der Waals surface area (Å²) in [4.78, 5) is 26.6. The highest BCUT2D eigenvalue weighted by molar-refractivity contribution is 6.03. The topological polar surface area (TPSA) is 46.6 Å². The molecule has 1 aliphatic carbocycles. The van der Waals surface area contributed by atoms with Gasteiger partial charge < -0.3 is 4.74 Å². The molecule has 2 aromatic carbocycles. The summed E-state index contributed by atoms with van der Waals surface area (Å²) >= 11 is 0. The number of allylic oxidation sites excluding steroid dienone is 2. The van der Waals surface area contributed by atoms with E-state index in [2.05, 4.69) is 0 Å². The van der Waals surface area contributed by atoms with Crippen molar-refractivity contribution in [1.29, 1.82) is 0 Å². The molecule has 2 aliphatic rings. The largest absolute Gasteiger partial charge is 0.347 e. The van der Waals surface area contributed by atoms with Crippen LogP contribution >= 0.6 is 0 Å². The number of ketones is 1. The third-order valence-electron chi connectivity index (χ3n) is 4.75. The van der Waals surface area contributed by atoms with Gasteiger partial charge in [-0.05, 0) is 48.4 Å². The van der Waals surface area contributed by atoms with Crippen molar-refractivity contribution in [2.75, 3.05) is 11.5 Å². The van der Waals surface area contributed by atoms with Crippen LogP contribution in [-0.2, 0) is 20.7 Å². The van der Waals surface area contributed by atoms with Gasteiger partial charge >= 0.3 is 0 Å². The molecule has 130 valence electrons. The predicted molar refractivity (Wildman–Crippen MR) is 99.5 cm³/mol. The molecule has 0 N–H and O–H groups in total. The molecule has 0 aromatic heterocycles. The van der Waals surface area contributed by atoms with Crippen molar-refractivity contribution in [3.05, 3.63) is 90.5 Å². The second kappa shape index (κ2) is 6.73. The minimum Gasteiger partial charge on any atom is -0.347 e. The fraction of sp³-hybridized carbons (Fsp3) is 0.182. The smallest absolute Gasteiger partial charge is 0.235 e. The fourth-order valence-electron chi connectivity index (χ4n) is 3.44. The lowest BCUT2D eigenvalue weighted by atomic mass is 9.92. The van der Waals surface area contributed by atoms with Gasteiger partial charge in [-0.25, -0.2) is 0 Å². The number of para-hydroxylation sites is 1. The summed E-state index contributed by atoms with van der Waals surface area (Å²) in [6.07, 6.45) is 6.87. The zero-order valence-corrected chi connectivity index (χ0v) is 14.2. The van der Waals surface area contributed by atoms with Gasteiger partial charge in [-0.2, -0.15) is 0 Å². The Labute approximate surface area is 152 Å². The summed E-state index contributed by atoms with van der Waals surface area (Å²) in [5, 5.41) is 0. The third kappa shape index (κ3) is 3.00. The molecule has 0 radical (unpaired) electrons. The molecule has 1 unspecified atom stereocenters. The molecular formula is C22H19NO3. The number of carbonyl (C=O) groups is 2. The maximum atomic E-state index is 13.4. The minimum absolute atomic E-state index is 0.00467. The van der Waals surface area contributed by atoms with Crippen molar-refractivity contribution in [1.82, 2.24) is 0 Å². The molecular weight excluding hydrogens is 326 g/mol. The lowest BCUT2D eigenvalue weighted by molar-refractivity contribution is -0.138. The van der Waals surface area contributed by atoms with E-state index in [1.165, 1.54) is 12.2 Å². The highest BCUT2D eigenvalue weighted by atomic mass is 16.5. The maximum Gasteiger partial charge on any atom is 0.235 e. The highest BCUT2D eigenvalue weighted by Gasteiger charge is 2.46. The summed E-state index contributed by atoms with van der Waals surface area (Å²) in [5.41, 5.74) is 0.807. The molecule has 1 fully saturated rings. The Hall–Kier alpha value is -2.98. The first-order valence-electron chi connectivity index (χ1n) is 8.67. The number of ether oxygens (including phenoxy) is 1. The van der Waals surface area contributed by atoms with E-state index in [1.807, 2.05) is 60.7 Å². The predicted octanol–water partition coefficient (Wildman–Crippen LogP) is 3.30. The summed E-state index contributed by atoms with van der Waals surface area (Å²) in [7, 11) is 0. The lowest BCUT2D eigenvalue weighted by Gasteiger charge is -2.46. The molecule has 4 heteroatoms. The number of hydrogen-bond acceptors (Lipinski definition) is 3. The van der Waals surface area contributed by atoms with Crippen LogP contribution in [0.5, 0.6) is 0 Å². The number of amides is 1. The van der Waals surface area contributed by atoms with Gasteiger partial charge in [-0.15, -0.1) is 0 Å². The van der Waals surface area contributed by atoms with E-state index in [0.717, 1.165) is 11.3 Å². The van der Waals surface area contributed by atoms with E-state index in [1.54, 1.807) is 17.1 Å². The number of rotatable bonds is 3. The Kier molecular flexibility index (Phi) is 4.27. The van der Waals surface area contributed by atoms with Crippen LogP contribution in [0.3, 0.4) is 0 Å². The van der Waals surface area contributed by atoms with Crippen LogP contribution in [0.4, 0.5) is 5.69 Å². The second-order valence-corrected chi connectivity index (χ2v) is 6.53. The fourth-order valence-corrected chi connectivity index (χ4v) is 3.44. The molecule has 0 bridgehead atoms. The van der Waals surface area contributed by atoms with Crippen LogP contribution < -0.4 is 4.90 Å². The zero-order chi connectivity index (χ0) is 18.0. The SMILES string of the molecule is O=C1C=CC2(C=C1)OCC(Cc1ccccc1)C(=O)N2c1ccccc1. The van der Waals surface area contributed by atoms with Gasteiger partial charge in [0.15, 0.2) is 11.5 Å². The Morgan fingerprint density at radius 3 is 2.19 bits per heavy atom. The first-order valence-corrected chi connectivity index (χ1v) is 8.67. The van der Waals surface area contributed by atoms with Crippen molar-refractivity contribution in [3.63, 3.8) is 0 Å². The summed E-state index contributed by atoms with van der Waals surface area (Å²) in [6.45, 7) is 0.305. The first kappa shape index (κ1) is 16.5. The third-order valence-corrected chi connectivity index (χ3v) is 4.75. The Bertz CT molecular complexity index is 855. The first-order chi connectivity index (χ1) is 12.7. The van der Waals surface area contributed by atoms with Crippen LogP contribution in [0.1, 0.15) is 5.56 Å². The van der Waals surface area contributed by atoms with Crippen molar-refractivity contribution in [2.45, 2.75) is 12.1 Å². The Morgan fingerprint density at radius 2 is 1.54 bits per heavy atom. The highest BCUT2D eigenvalue weighted by Crippen LogP contribution is 2.36. The summed E-state index contributed by atoms with van der Waals surface area (Å²) in [6, 6.07) is 19.4. The standard InChI is InChI=1S/C22H19NO3/c24-20-11-13-22(14-12-20)23(19-9-5-2-6-10-19)21(25)18(16-26-22)15-17-7-3-1-4-8-17/h1-14,18H,15-16H2. The van der Waals surface area contributed by atoms with Gasteiger partial charge in [0.2, 0.25) is 5.91 Å². The molecule has 1 aliphatic heterocycles. The molecule has 4 nitrogen and oxygen atoms in total. The van der Waals surface area contributed by atoms with Gasteiger partial charge in [0.25, 0.3) is 0 Å². The van der Waals surface area contributed by atoms with E-state index >= 15 is 0 Å². The Balaban J connectivity index is 1.70. The van der Waals surface area contributed by atoms with Crippen LogP contribution in [0.25, 0.3) is 0 Å². The van der Waals surface area contributed by atoms with Gasteiger partial charge in [-0.1, -0.05) is 48.5 Å². The van der Waals surface area contributed by atoms with Gasteiger partial charge in [-0.3, -0.25) is 14.5 Å². The molecule has 26 heavy (non-hydrogen) atoms. The molecule has 0 saturated carbocycles. The Morgan fingerprint density at radius 1 is 0.923 bits per heavy atom. The monoisotopic (exact) mass is 345 g/mol. The van der Waals surface area contributed by atoms with E-state index in [0.29, 0.717) is 13.0 Å². The van der Waals surface area contributed by atoms with Gasteiger partial charge in [0.05, 0.1) is 12.5 Å². The lowest BCUT2D eigenvalue weighted by Crippen LogP contribution is -2.60. The molecule has 4 rings (SSSR count). The number of nitrogens with zero attached hydrogens (tertiary/aromatic N) is 1. The molecule has 1 amide bonds. The number of hydrogen-bond donors (Lipinski definition) is 0. The van der Waals surface area contributed by atoms with E-state index in [9.17, 15) is 9.59 Å². The molecule has 1 saturated heterocycles. The van der Waals surface area contributed by atoms with Crippen molar-refractivity contribution in [3.8, 4) is 0 Å². The van der Waals surface area contributed by atoms with Crippen LogP contribution in [0, 0.1) is 5.92 Å². The molecule has 1 atom stereocenters. The maximum absolute atomic E-state index is 13.4.